The normalized spacial score (nSPS) is 23.2. The van der Waals surface area contributed by atoms with E-state index in [-0.39, 0.29) is 18.0 Å². The first-order valence-electron chi connectivity index (χ1n) is 11.7. The Labute approximate surface area is 191 Å². The van der Waals surface area contributed by atoms with Crippen molar-refractivity contribution in [2.75, 3.05) is 37.6 Å². The molecule has 2 aromatic heterocycles. The van der Waals surface area contributed by atoms with Crippen molar-refractivity contribution >= 4 is 28.3 Å². The predicted octanol–water partition coefficient (Wildman–Crippen LogP) is 3.07. The van der Waals surface area contributed by atoms with Crippen molar-refractivity contribution in [2.24, 2.45) is 0 Å². The second-order valence-corrected chi connectivity index (χ2v) is 9.25. The highest BCUT2D eigenvalue weighted by Crippen LogP contribution is 2.33. The summed E-state index contributed by atoms with van der Waals surface area (Å²) in [6.07, 6.45) is 9.71. The van der Waals surface area contributed by atoms with Gasteiger partial charge in [-0.2, -0.15) is 0 Å². The Morgan fingerprint density at radius 1 is 1.12 bits per heavy atom. The fourth-order valence-electron chi connectivity index (χ4n) is 5.65. The molecule has 2 atom stereocenters. The summed E-state index contributed by atoms with van der Waals surface area (Å²) in [5, 5.41) is 1.24. The molecule has 0 spiro atoms. The topological polar surface area (TPSA) is 68.4 Å². The maximum atomic E-state index is 13.2. The Kier molecular flexibility index (Phi) is 5.10. The fraction of sp³-hybridized carbons (Fsp3) is 0.400. The number of carbonyl (C=O) groups is 1. The number of piperazine rings is 1. The minimum Gasteiger partial charge on any atom is -0.361 e. The molecule has 7 nitrogen and oxygen atoms in total. The Balaban J connectivity index is 1.08. The number of halogens is 1. The first-order chi connectivity index (χ1) is 16.2. The number of hydrogen-bond donors (Lipinski definition) is 1. The monoisotopic (exact) mass is 446 g/mol. The van der Waals surface area contributed by atoms with Crippen LogP contribution in [0.1, 0.15) is 24.8 Å². The van der Waals surface area contributed by atoms with Crippen LogP contribution < -0.4 is 4.90 Å². The van der Waals surface area contributed by atoms with Gasteiger partial charge in [0.2, 0.25) is 11.9 Å². The third-order valence-corrected chi connectivity index (χ3v) is 7.25. The van der Waals surface area contributed by atoms with Crippen molar-refractivity contribution in [3.63, 3.8) is 0 Å². The number of rotatable bonds is 4. The molecule has 6 rings (SSSR count). The quantitative estimate of drug-likeness (QED) is 0.667. The smallest absolute Gasteiger partial charge is 0.237 e. The number of nitrogens with one attached hydrogen (secondary N) is 1. The van der Waals surface area contributed by atoms with Gasteiger partial charge >= 0.3 is 0 Å². The van der Waals surface area contributed by atoms with Gasteiger partial charge in [-0.05, 0) is 30.9 Å². The number of H-pyrrole nitrogens is 1. The van der Waals surface area contributed by atoms with E-state index in [9.17, 15) is 9.18 Å². The lowest BCUT2D eigenvalue weighted by atomic mass is 9.99. The molecular weight excluding hydrogens is 419 g/mol. The van der Waals surface area contributed by atoms with Crippen LogP contribution in [0.4, 0.5) is 10.3 Å². The first-order valence-corrected chi connectivity index (χ1v) is 11.7. The molecule has 0 aliphatic carbocycles. The SMILES string of the molecule is O=C(CN1CC2CCC(C1)N2c1ncc(F)cn1)N1CC=C(c2c[nH]c3ccccc23)CC1. The fourth-order valence-corrected chi connectivity index (χ4v) is 5.65. The van der Waals surface area contributed by atoms with Gasteiger partial charge in [0.05, 0.1) is 18.9 Å². The number of benzene rings is 1. The molecule has 170 valence electrons. The number of fused-ring (bicyclic) bond motifs is 3. The molecule has 3 aliphatic rings. The van der Waals surface area contributed by atoms with Gasteiger partial charge in [0.15, 0.2) is 5.82 Å². The summed E-state index contributed by atoms with van der Waals surface area (Å²) in [4.78, 5) is 31.2. The molecule has 2 saturated heterocycles. The molecule has 5 heterocycles. The minimum atomic E-state index is -0.418. The molecule has 2 bridgehead atoms. The average Bonchev–Trinajstić information content (AvgIpc) is 3.38. The van der Waals surface area contributed by atoms with Crippen LogP contribution in [-0.4, -0.2) is 75.5 Å². The summed E-state index contributed by atoms with van der Waals surface area (Å²) in [5.41, 5.74) is 3.70. The number of aromatic amines is 1. The van der Waals surface area contributed by atoms with E-state index in [2.05, 4.69) is 55.2 Å². The van der Waals surface area contributed by atoms with E-state index < -0.39 is 5.82 Å². The molecule has 0 radical (unpaired) electrons. The van der Waals surface area contributed by atoms with Crippen LogP contribution in [-0.2, 0) is 4.79 Å². The number of carbonyl (C=O) groups excluding carboxylic acids is 1. The molecule has 1 aromatic carbocycles. The van der Waals surface area contributed by atoms with Crippen molar-refractivity contribution < 1.29 is 9.18 Å². The molecule has 8 heteroatoms. The van der Waals surface area contributed by atoms with Crippen LogP contribution in [0.3, 0.4) is 0 Å². The first kappa shape index (κ1) is 20.4. The van der Waals surface area contributed by atoms with Gasteiger partial charge in [0, 0.05) is 60.9 Å². The van der Waals surface area contributed by atoms with Crippen LogP contribution >= 0.6 is 0 Å². The Bertz CT molecular complexity index is 1190. The van der Waals surface area contributed by atoms with E-state index in [0.29, 0.717) is 19.0 Å². The molecule has 3 aromatic rings. The van der Waals surface area contributed by atoms with Gasteiger partial charge < -0.3 is 14.8 Å². The van der Waals surface area contributed by atoms with Gasteiger partial charge in [-0.25, -0.2) is 14.4 Å². The molecule has 1 N–H and O–H groups in total. The maximum absolute atomic E-state index is 13.2. The summed E-state index contributed by atoms with van der Waals surface area (Å²) in [7, 11) is 0. The second-order valence-electron chi connectivity index (χ2n) is 9.25. The van der Waals surface area contributed by atoms with Crippen LogP contribution in [0.5, 0.6) is 0 Å². The van der Waals surface area contributed by atoms with Crippen molar-refractivity contribution in [1.82, 2.24) is 24.8 Å². The van der Waals surface area contributed by atoms with E-state index in [4.69, 9.17) is 0 Å². The van der Waals surface area contributed by atoms with Crippen molar-refractivity contribution in [2.45, 2.75) is 31.3 Å². The number of para-hydroxylation sites is 1. The van der Waals surface area contributed by atoms with Gasteiger partial charge in [0.1, 0.15) is 0 Å². The highest BCUT2D eigenvalue weighted by atomic mass is 19.1. The Hall–Kier alpha value is -3.26. The zero-order chi connectivity index (χ0) is 22.4. The van der Waals surface area contributed by atoms with Crippen LogP contribution in [0, 0.1) is 5.82 Å². The average molecular weight is 447 g/mol. The summed E-state index contributed by atoms with van der Waals surface area (Å²) >= 11 is 0. The molecule has 33 heavy (non-hydrogen) atoms. The van der Waals surface area contributed by atoms with E-state index in [1.165, 1.54) is 28.9 Å². The van der Waals surface area contributed by atoms with Gasteiger partial charge in [-0.1, -0.05) is 24.3 Å². The van der Waals surface area contributed by atoms with Gasteiger partial charge in [-0.3, -0.25) is 9.69 Å². The third kappa shape index (κ3) is 3.78. The second kappa shape index (κ2) is 8.26. The maximum Gasteiger partial charge on any atom is 0.237 e. The molecule has 2 unspecified atom stereocenters. The van der Waals surface area contributed by atoms with E-state index in [0.717, 1.165) is 44.4 Å². The number of likely N-dealkylation sites (tertiary alicyclic amines) is 1. The van der Waals surface area contributed by atoms with Crippen LogP contribution in [0.15, 0.2) is 48.9 Å². The van der Waals surface area contributed by atoms with E-state index in [1.54, 1.807) is 0 Å². The van der Waals surface area contributed by atoms with E-state index >= 15 is 0 Å². The van der Waals surface area contributed by atoms with E-state index in [1.807, 2.05) is 11.0 Å². The Morgan fingerprint density at radius 3 is 2.61 bits per heavy atom. The summed E-state index contributed by atoms with van der Waals surface area (Å²) in [6, 6.07) is 8.89. The van der Waals surface area contributed by atoms with Crippen molar-refractivity contribution in [3.05, 3.63) is 60.3 Å². The zero-order valence-corrected chi connectivity index (χ0v) is 18.5. The van der Waals surface area contributed by atoms with Crippen LogP contribution in [0.2, 0.25) is 0 Å². The summed E-state index contributed by atoms with van der Waals surface area (Å²) in [5.74, 6) is 0.370. The highest BCUT2D eigenvalue weighted by Gasteiger charge is 2.41. The minimum absolute atomic E-state index is 0.190. The predicted molar refractivity (Wildman–Crippen MR) is 125 cm³/mol. The molecule has 3 aliphatic heterocycles. The van der Waals surface area contributed by atoms with Crippen LogP contribution in [0.25, 0.3) is 16.5 Å². The number of amides is 1. The lowest BCUT2D eigenvalue weighted by molar-refractivity contribution is -0.132. The van der Waals surface area contributed by atoms with Crippen molar-refractivity contribution in [3.8, 4) is 0 Å². The van der Waals surface area contributed by atoms with Gasteiger partial charge in [0.25, 0.3) is 0 Å². The molecule has 1 amide bonds. The molecular formula is C25H27FN6O. The lowest BCUT2D eigenvalue weighted by Crippen LogP contribution is -2.56. The molecule has 2 fully saturated rings. The highest BCUT2D eigenvalue weighted by molar-refractivity contribution is 5.93. The van der Waals surface area contributed by atoms with Crippen molar-refractivity contribution in [1.29, 1.82) is 0 Å². The summed E-state index contributed by atoms with van der Waals surface area (Å²) < 4.78 is 13.2. The number of hydrogen-bond acceptors (Lipinski definition) is 5. The largest absolute Gasteiger partial charge is 0.361 e. The number of aromatic nitrogens is 3. The summed E-state index contributed by atoms with van der Waals surface area (Å²) in [6.45, 7) is 3.48. The third-order valence-electron chi connectivity index (χ3n) is 7.25. The lowest BCUT2D eigenvalue weighted by Gasteiger charge is -2.41. The standard InChI is InChI=1S/C25H27FN6O/c26-18-11-28-25(29-12-18)32-19-5-6-20(32)15-30(14-19)16-24(33)31-9-7-17(8-10-31)22-13-27-23-4-2-1-3-21(22)23/h1-4,7,11-13,19-20,27H,5-6,8-10,14-16H2. The number of nitrogens with zero attached hydrogens (tertiary/aromatic N) is 5. The van der Waals surface area contributed by atoms with Gasteiger partial charge in [-0.15, -0.1) is 0 Å². The Morgan fingerprint density at radius 2 is 1.88 bits per heavy atom. The number of anilines is 1. The zero-order valence-electron chi connectivity index (χ0n) is 18.5. The molecule has 0 saturated carbocycles.